The molecule has 2 nitrogen and oxygen atoms in total. The molecule has 0 N–H and O–H groups in total. The number of rotatable bonds is 14. The molecule has 0 spiro atoms. The molecule has 4 aliphatic rings. The molecule has 0 heterocycles. The van der Waals surface area contributed by atoms with Crippen LogP contribution in [0.25, 0.3) is 0 Å². The normalized spacial score (nSPS) is 36.6. The Hall–Kier alpha value is -0.790. The molecule has 0 radical (unpaired) electrons. The molecule has 3 fully saturated rings. The Kier molecular flexibility index (Phi) is 11.1. The molecule has 0 aromatic heterocycles. The summed E-state index contributed by atoms with van der Waals surface area (Å²) in [6, 6.07) is 0. The van der Waals surface area contributed by atoms with E-state index in [4.69, 9.17) is 4.74 Å². The molecule has 0 saturated heterocycles. The van der Waals surface area contributed by atoms with Gasteiger partial charge in [0.1, 0.15) is 6.10 Å². The van der Waals surface area contributed by atoms with Crippen molar-refractivity contribution in [2.24, 2.45) is 46.3 Å². The number of hydrogen-bond donors (Lipinski definition) is 0. The minimum absolute atomic E-state index is 0.0550. The van der Waals surface area contributed by atoms with Gasteiger partial charge in [0.05, 0.1) is 0 Å². The maximum absolute atomic E-state index is 12.6. The number of carbonyl (C=O) groups excluding carboxylic acids is 1. The molecule has 0 aliphatic heterocycles. The Morgan fingerprint density at radius 2 is 1.64 bits per heavy atom. The van der Waals surface area contributed by atoms with Crippen molar-refractivity contribution in [3.8, 4) is 0 Å². The van der Waals surface area contributed by atoms with Crippen LogP contribution in [0, 0.1) is 46.3 Å². The number of carbonyl (C=O) groups is 1. The van der Waals surface area contributed by atoms with Crippen molar-refractivity contribution in [1.29, 1.82) is 0 Å². The predicted molar refractivity (Wildman–Crippen MR) is 166 cm³/mol. The summed E-state index contributed by atoms with van der Waals surface area (Å²) in [5, 5.41) is 0. The minimum atomic E-state index is 0.0550. The molecule has 224 valence electrons. The van der Waals surface area contributed by atoms with Crippen LogP contribution in [-0.2, 0) is 9.53 Å². The van der Waals surface area contributed by atoms with Crippen LogP contribution in [-0.4, -0.2) is 12.1 Å². The van der Waals surface area contributed by atoms with Crippen molar-refractivity contribution < 1.29 is 9.53 Å². The van der Waals surface area contributed by atoms with E-state index >= 15 is 0 Å². The fourth-order valence-corrected chi connectivity index (χ4v) is 10.2. The number of allylic oxidation sites excluding steroid dienone is 1. The molecule has 0 aromatic rings. The molecule has 4 aliphatic carbocycles. The van der Waals surface area contributed by atoms with Gasteiger partial charge in [-0.25, -0.2) is 0 Å². The van der Waals surface area contributed by atoms with Crippen LogP contribution in [0.1, 0.15) is 164 Å². The third-order valence-electron chi connectivity index (χ3n) is 12.5. The van der Waals surface area contributed by atoms with Crippen molar-refractivity contribution >= 4 is 5.97 Å². The average Bonchev–Trinajstić information content (AvgIpc) is 3.25. The van der Waals surface area contributed by atoms with E-state index < -0.39 is 0 Å². The number of ether oxygens (including phenoxy) is 1. The summed E-state index contributed by atoms with van der Waals surface area (Å²) >= 11 is 0. The fourth-order valence-electron chi connectivity index (χ4n) is 10.2. The SMILES string of the molecule is CCCCCCCCCC(=O)O[C@@H]1CC[C@@]2(C)C(=CC[C@@H]3[C@H]2CC[C@]2(C)[C@@H]([C@H](C)CCCC(C)C)CC[C@@H]32)C1. The lowest BCUT2D eigenvalue weighted by Crippen LogP contribution is -2.51. The zero-order valence-corrected chi connectivity index (χ0v) is 26.9. The molecule has 4 rings (SSSR count). The van der Waals surface area contributed by atoms with Crippen molar-refractivity contribution in [2.75, 3.05) is 0 Å². The second-order valence-electron chi connectivity index (χ2n) is 15.5. The molecule has 2 heteroatoms. The maximum Gasteiger partial charge on any atom is 0.306 e. The molecule has 0 amide bonds. The largest absolute Gasteiger partial charge is 0.462 e. The van der Waals surface area contributed by atoms with Crippen LogP contribution < -0.4 is 0 Å². The first-order valence-corrected chi connectivity index (χ1v) is 17.6. The Balaban J connectivity index is 1.29. The van der Waals surface area contributed by atoms with Gasteiger partial charge in [0.15, 0.2) is 0 Å². The van der Waals surface area contributed by atoms with E-state index in [1.165, 1.54) is 96.3 Å². The molecule has 0 aromatic carbocycles. The van der Waals surface area contributed by atoms with Gasteiger partial charge >= 0.3 is 5.97 Å². The van der Waals surface area contributed by atoms with Gasteiger partial charge in [-0.3, -0.25) is 4.79 Å². The highest BCUT2D eigenvalue weighted by atomic mass is 16.5. The van der Waals surface area contributed by atoms with Gasteiger partial charge in [-0.2, -0.15) is 0 Å². The molecule has 0 unspecified atom stereocenters. The van der Waals surface area contributed by atoms with Crippen LogP contribution in [0.3, 0.4) is 0 Å². The molecule has 39 heavy (non-hydrogen) atoms. The molecule has 3 saturated carbocycles. The highest BCUT2D eigenvalue weighted by Crippen LogP contribution is 2.67. The average molecular weight is 541 g/mol. The zero-order chi connectivity index (χ0) is 28.0. The number of unbranched alkanes of at least 4 members (excludes halogenated alkanes) is 6. The second kappa shape index (κ2) is 13.9. The van der Waals surface area contributed by atoms with E-state index in [1.54, 1.807) is 5.57 Å². The Bertz CT molecular complexity index is 812. The first kappa shape index (κ1) is 31.2. The summed E-state index contributed by atoms with van der Waals surface area (Å²) in [6.45, 7) is 14.9. The number of hydrogen-bond acceptors (Lipinski definition) is 2. The summed E-state index contributed by atoms with van der Waals surface area (Å²) < 4.78 is 6.06. The second-order valence-corrected chi connectivity index (χ2v) is 15.5. The summed E-state index contributed by atoms with van der Waals surface area (Å²) in [5.74, 6) is 5.34. The maximum atomic E-state index is 12.6. The third-order valence-corrected chi connectivity index (χ3v) is 12.5. The predicted octanol–water partition coefficient (Wildman–Crippen LogP) is 11.1. The van der Waals surface area contributed by atoms with Gasteiger partial charge in [0.25, 0.3) is 0 Å². The van der Waals surface area contributed by atoms with E-state index in [2.05, 4.69) is 47.6 Å². The molecular weight excluding hydrogens is 476 g/mol. The molecule has 0 bridgehead atoms. The smallest absolute Gasteiger partial charge is 0.306 e. The molecule has 8 atom stereocenters. The standard InChI is InChI=1S/C37H64O2/c1-7-8-9-10-11-12-13-17-35(38)39-30-22-24-36(5)29(26-30)18-19-31-33-21-20-32(28(4)16-14-15-27(2)3)37(33,6)25-23-34(31)36/h18,27-28,30-34H,7-17,19-26H2,1-6H3/t28-,30-,31+,32-,33+,34-,36+,37-/m1/s1. The van der Waals surface area contributed by atoms with Gasteiger partial charge in [0, 0.05) is 12.8 Å². The topological polar surface area (TPSA) is 26.3 Å². The van der Waals surface area contributed by atoms with Crippen molar-refractivity contribution in [1.82, 2.24) is 0 Å². The summed E-state index contributed by atoms with van der Waals surface area (Å²) in [6.07, 6.45) is 26.7. The van der Waals surface area contributed by atoms with Crippen molar-refractivity contribution in [2.45, 2.75) is 170 Å². The highest BCUT2D eigenvalue weighted by Gasteiger charge is 2.59. The van der Waals surface area contributed by atoms with Gasteiger partial charge in [-0.05, 0) is 97.7 Å². The van der Waals surface area contributed by atoms with E-state index in [1.807, 2.05) is 0 Å². The van der Waals surface area contributed by atoms with E-state index in [9.17, 15) is 4.79 Å². The van der Waals surface area contributed by atoms with Crippen LogP contribution in [0.15, 0.2) is 11.6 Å². The van der Waals surface area contributed by atoms with Crippen LogP contribution in [0.5, 0.6) is 0 Å². The van der Waals surface area contributed by atoms with Crippen molar-refractivity contribution in [3.05, 3.63) is 11.6 Å². The van der Waals surface area contributed by atoms with Crippen LogP contribution in [0.4, 0.5) is 0 Å². The molecular formula is C37H64O2. The van der Waals surface area contributed by atoms with E-state index in [0.29, 0.717) is 17.3 Å². The van der Waals surface area contributed by atoms with Gasteiger partial charge in [-0.1, -0.05) is 111 Å². The lowest BCUT2D eigenvalue weighted by Gasteiger charge is -2.58. The Morgan fingerprint density at radius 3 is 2.38 bits per heavy atom. The lowest BCUT2D eigenvalue weighted by molar-refractivity contribution is -0.151. The van der Waals surface area contributed by atoms with Gasteiger partial charge in [-0.15, -0.1) is 0 Å². The van der Waals surface area contributed by atoms with Crippen LogP contribution >= 0.6 is 0 Å². The Morgan fingerprint density at radius 1 is 0.897 bits per heavy atom. The third kappa shape index (κ3) is 7.17. The van der Waals surface area contributed by atoms with Gasteiger partial charge < -0.3 is 4.74 Å². The monoisotopic (exact) mass is 540 g/mol. The quantitative estimate of drug-likeness (QED) is 0.124. The van der Waals surface area contributed by atoms with E-state index in [-0.39, 0.29) is 12.1 Å². The van der Waals surface area contributed by atoms with Crippen molar-refractivity contribution in [3.63, 3.8) is 0 Å². The highest BCUT2D eigenvalue weighted by molar-refractivity contribution is 5.69. The Labute approximate surface area is 242 Å². The first-order chi connectivity index (χ1) is 18.7. The number of fused-ring (bicyclic) bond motifs is 5. The minimum Gasteiger partial charge on any atom is -0.462 e. The zero-order valence-electron chi connectivity index (χ0n) is 26.9. The number of esters is 1. The first-order valence-electron chi connectivity index (χ1n) is 17.6. The summed E-state index contributed by atoms with van der Waals surface area (Å²) in [4.78, 5) is 12.6. The summed E-state index contributed by atoms with van der Waals surface area (Å²) in [5.41, 5.74) is 2.54. The van der Waals surface area contributed by atoms with Crippen LogP contribution in [0.2, 0.25) is 0 Å². The fraction of sp³-hybridized carbons (Fsp3) is 0.919. The van der Waals surface area contributed by atoms with E-state index in [0.717, 1.165) is 54.8 Å². The van der Waals surface area contributed by atoms with Gasteiger partial charge in [0.2, 0.25) is 0 Å². The summed E-state index contributed by atoms with van der Waals surface area (Å²) in [7, 11) is 0. The lowest BCUT2D eigenvalue weighted by atomic mass is 9.47.